The predicted molar refractivity (Wildman–Crippen MR) is 122 cm³/mol. The van der Waals surface area contributed by atoms with Crippen LogP contribution in [0.2, 0.25) is 10.0 Å². The van der Waals surface area contributed by atoms with Gasteiger partial charge in [0.2, 0.25) is 11.8 Å². The Balaban J connectivity index is 1.79. The van der Waals surface area contributed by atoms with Crippen molar-refractivity contribution in [3.63, 3.8) is 0 Å². The maximum absolute atomic E-state index is 13.3. The fourth-order valence-electron chi connectivity index (χ4n) is 3.91. The fourth-order valence-corrected chi connectivity index (χ4v) is 4.23. The van der Waals surface area contributed by atoms with Gasteiger partial charge in [-0.25, -0.2) is 0 Å². The highest BCUT2D eigenvalue weighted by Crippen LogP contribution is 2.24. The lowest BCUT2D eigenvalue weighted by Crippen LogP contribution is -2.50. The van der Waals surface area contributed by atoms with E-state index in [0.717, 1.165) is 42.4 Å². The molecule has 1 atom stereocenters. The lowest BCUT2D eigenvalue weighted by Gasteiger charge is -2.30. The molecular weight excluding hydrogens is 419 g/mol. The smallest absolute Gasteiger partial charge is 0.242 e. The van der Waals surface area contributed by atoms with Crippen molar-refractivity contribution >= 4 is 35.0 Å². The molecule has 0 radical (unpaired) electrons. The Labute approximate surface area is 188 Å². The SMILES string of the molecule is Cc1cccc(CC(=O)N(Cc2ccc(Cl)c(Cl)c2)[C@@H](C)C(=O)NC2CCCC2)c1. The van der Waals surface area contributed by atoms with E-state index >= 15 is 0 Å². The van der Waals surface area contributed by atoms with Gasteiger partial charge >= 0.3 is 0 Å². The number of hydrogen-bond acceptors (Lipinski definition) is 2. The number of halogens is 2. The Morgan fingerprint density at radius 1 is 1.07 bits per heavy atom. The van der Waals surface area contributed by atoms with Gasteiger partial charge in [0.05, 0.1) is 16.5 Å². The summed E-state index contributed by atoms with van der Waals surface area (Å²) in [5.41, 5.74) is 2.87. The van der Waals surface area contributed by atoms with Crippen LogP contribution >= 0.6 is 23.2 Å². The largest absolute Gasteiger partial charge is 0.352 e. The number of carbonyl (C=O) groups excluding carboxylic acids is 2. The second-order valence-electron chi connectivity index (χ2n) is 8.10. The van der Waals surface area contributed by atoms with Gasteiger partial charge in [-0.2, -0.15) is 0 Å². The molecular formula is C24H28Cl2N2O2. The minimum absolute atomic E-state index is 0.0965. The van der Waals surface area contributed by atoms with Crippen LogP contribution in [0.3, 0.4) is 0 Å². The third kappa shape index (κ3) is 5.99. The lowest BCUT2D eigenvalue weighted by atomic mass is 10.1. The Morgan fingerprint density at radius 3 is 2.47 bits per heavy atom. The van der Waals surface area contributed by atoms with Gasteiger partial charge in [-0.3, -0.25) is 9.59 Å². The number of carbonyl (C=O) groups is 2. The number of rotatable bonds is 7. The van der Waals surface area contributed by atoms with E-state index in [1.165, 1.54) is 0 Å². The van der Waals surface area contributed by atoms with Gasteiger partial charge in [-0.1, -0.05) is 71.9 Å². The van der Waals surface area contributed by atoms with E-state index in [0.29, 0.717) is 16.6 Å². The van der Waals surface area contributed by atoms with Crippen molar-refractivity contribution in [2.75, 3.05) is 0 Å². The third-order valence-electron chi connectivity index (χ3n) is 5.64. The number of nitrogens with one attached hydrogen (secondary N) is 1. The minimum atomic E-state index is -0.586. The Bertz CT molecular complexity index is 910. The second-order valence-corrected chi connectivity index (χ2v) is 8.92. The summed E-state index contributed by atoms with van der Waals surface area (Å²) in [5.74, 6) is -0.208. The molecule has 1 aliphatic rings. The summed E-state index contributed by atoms with van der Waals surface area (Å²) in [7, 11) is 0. The van der Waals surface area contributed by atoms with Crippen LogP contribution < -0.4 is 5.32 Å². The van der Waals surface area contributed by atoms with E-state index in [-0.39, 0.29) is 24.3 Å². The standard InChI is InChI=1S/C24H28Cl2N2O2/c1-16-6-5-7-18(12-16)14-23(29)28(15-19-10-11-21(25)22(26)13-19)17(2)24(30)27-20-8-3-4-9-20/h5-7,10-13,17,20H,3-4,8-9,14-15H2,1-2H3,(H,27,30)/t17-/m0/s1. The van der Waals surface area contributed by atoms with E-state index in [2.05, 4.69) is 5.32 Å². The maximum atomic E-state index is 13.3. The first-order chi connectivity index (χ1) is 14.3. The molecule has 2 amide bonds. The van der Waals surface area contributed by atoms with Crippen molar-refractivity contribution in [3.05, 3.63) is 69.2 Å². The van der Waals surface area contributed by atoms with Gasteiger partial charge in [-0.15, -0.1) is 0 Å². The minimum Gasteiger partial charge on any atom is -0.352 e. The van der Waals surface area contributed by atoms with Crippen molar-refractivity contribution in [1.82, 2.24) is 10.2 Å². The summed E-state index contributed by atoms with van der Waals surface area (Å²) in [6, 6.07) is 12.8. The molecule has 0 aromatic heterocycles. The first-order valence-corrected chi connectivity index (χ1v) is 11.2. The Hall–Kier alpha value is -2.04. The van der Waals surface area contributed by atoms with Crippen LogP contribution in [0.1, 0.15) is 49.3 Å². The molecule has 6 heteroatoms. The molecule has 0 heterocycles. The number of aryl methyl sites for hydroxylation is 1. The van der Waals surface area contributed by atoms with Gasteiger partial charge in [0, 0.05) is 12.6 Å². The van der Waals surface area contributed by atoms with E-state index in [1.807, 2.05) is 37.3 Å². The van der Waals surface area contributed by atoms with Crippen LogP contribution in [0.25, 0.3) is 0 Å². The third-order valence-corrected chi connectivity index (χ3v) is 6.38. The van der Waals surface area contributed by atoms with Crippen LogP contribution in [0.4, 0.5) is 0 Å². The maximum Gasteiger partial charge on any atom is 0.242 e. The summed E-state index contributed by atoms with van der Waals surface area (Å²) >= 11 is 12.2. The summed E-state index contributed by atoms with van der Waals surface area (Å²) in [6.07, 6.45) is 4.52. The molecule has 1 fully saturated rings. The normalized spacial score (nSPS) is 15.1. The monoisotopic (exact) mass is 446 g/mol. The number of benzene rings is 2. The average Bonchev–Trinajstić information content (AvgIpc) is 3.21. The van der Waals surface area contributed by atoms with Crippen LogP contribution in [0, 0.1) is 6.92 Å². The topological polar surface area (TPSA) is 49.4 Å². The Kier molecular flexibility index (Phi) is 7.79. The molecule has 0 aliphatic heterocycles. The van der Waals surface area contributed by atoms with Crippen molar-refractivity contribution in [2.45, 2.75) is 64.6 Å². The first-order valence-electron chi connectivity index (χ1n) is 10.4. The molecule has 30 heavy (non-hydrogen) atoms. The van der Waals surface area contributed by atoms with Crippen LogP contribution in [0.15, 0.2) is 42.5 Å². The first kappa shape index (κ1) is 22.6. The van der Waals surface area contributed by atoms with Gasteiger partial charge in [0.25, 0.3) is 0 Å². The van der Waals surface area contributed by atoms with E-state index < -0.39 is 6.04 Å². The molecule has 1 saturated carbocycles. The predicted octanol–water partition coefficient (Wildman–Crippen LogP) is 5.32. The molecule has 1 N–H and O–H groups in total. The van der Waals surface area contributed by atoms with E-state index in [4.69, 9.17) is 23.2 Å². The van der Waals surface area contributed by atoms with Gasteiger partial charge in [0.15, 0.2) is 0 Å². The molecule has 2 aromatic rings. The summed E-state index contributed by atoms with van der Waals surface area (Å²) in [6.45, 7) is 4.08. The van der Waals surface area contributed by atoms with Crippen molar-refractivity contribution in [1.29, 1.82) is 0 Å². The van der Waals surface area contributed by atoms with Gasteiger partial charge in [-0.05, 0) is 49.9 Å². The number of amides is 2. The summed E-state index contributed by atoms with van der Waals surface area (Å²) in [4.78, 5) is 27.8. The van der Waals surface area contributed by atoms with Crippen LogP contribution in [-0.4, -0.2) is 28.8 Å². The molecule has 0 saturated heterocycles. The molecule has 0 spiro atoms. The molecule has 4 nitrogen and oxygen atoms in total. The lowest BCUT2D eigenvalue weighted by molar-refractivity contribution is -0.140. The number of hydrogen-bond donors (Lipinski definition) is 1. The zero-order valence-corrected chi connectivity index (χ0v) is 19.0. The highest BCUT2D eigenvalue weighted by molar-refractivity contribution is 6.42. The van der Waals surface area contributed by atoms with Crippen LogP contribution in [0.5, 0.6) is 0 Å². The van der Waals surface area contributed by atoms with Crippen molar-refractivity contribution < 1.29 is 9.59 Å². The Morgan fingerprint density at radius 2 is 1.80 bits per heavy atom. The molecule has 160 valence electrons. The zero-order valence-electron chi connectivity index (χ0n) is 17.5. The number of nitrogens with zero attached hydrogens (tertiary/aromatic N) is 1. The van der Waals surface area contributed by atoms with Crippen molar-refractivity contribution in [2.24, 2.45) is 0 Å². The summed E-state index contributed by atoms with van der Waals surface area (Å²) in [5, 5.41) is 4.01. The van der Waals surface area contributed by atoms with Gasteiger partial charge in [0.1, 0.15) is 6.04 Å². The zero-order chi connectivity index (χ0) is 21.7. The summed E-state index contributed by atoms with van der Waals surface area (Å²) < 4.78 is 0. The molecule has 0 bridgehead atoms. The molecule has 3 rings (SSSR count). The highest BCUT2D eigenvalue weighted by atomic mass is 35.5. The van der Waals surface area contributed by atoms with Crippen molar-refractivity contribution in [3.8, 4) is 0 Å². The van der Waals surface area contributed by atoms with Gasteiger partial charge < -0.3 is 10.2 Å². The average molecular weight is 447 g/mol. The fraction of sp³-hybridized carbons (Fsp3) is 0.417. The quantitative estimate of drug-likeness (QED) is 0.625. The molecule has 2 aromatic carbocycles. The van der Waals surface area contributed by atoms with Crippen LogP contribution in [-0.2, 0) is 22.6 Å². The second kappa shape index (κ2) is 10.3. The van der Waals surface area contributed by atoms with E-state index in [9.17, 15) is 9.59 Å². The molecule has 0 unspecified atom stereocenters. The molecule has 1 aliphatic carbocycles. The highest BCUT2D eigenvalue weighted by Gasteiger charge is 2.28. The van der Waals surface area contributed by atoms with E-state index in [1.54, 1.807) is 24.0 Å².